The minimum atomic E-state index is -0.214. The van der Waals surface area contributed by atoms with E-state index in [0.29, 0.717) is 49.8 Å². The molecular weight excluding hydrogens is 315 g/mol. The van der Waals surface area contributed by atoms with Crippen molar-refractivity contribution in [2.45, 2.75) is 12.8 Å². The molecule has 0 saturated carbocycles. The number of carbonyl (C=O) groups is 1. The average Bonchev–Trinajstić information content (AvgIpc) is 2.99. The summed E-state index contributed by atoms with van der Waals surface area (Å²) in [5.74, 6) is -0.0989. The second-order valence-electron chi connectivity index (χ2n) is 5.50. The van der Waals surface area contributed by atoms with Gasteiger partial charge in [-0.15, -0.1) is 11.3 Å². The van der Waals surface area contributed by atoms with Crippen molar-refractivity contribution in [2.75, 3.05) is 36.8 Å². The van der Waals surface area contributed by atoms with Crippen LogP contribution in [0, 0.1) is 5.82 Å². The molecule has 3 rings (SSSR count). The predicted octanol–water partition coefficient (Wildman–Crippen LogP) is 2.15. The Kier molecular flexibility index (Phi) is 4.76. The second kappa shape index (κ2) is 6.95. The number of halogens is 1. The number of nitrogens with two attached hydrogens (primary N) is 1. The summed E-state index contributed by atoms with van der Waals surface area (Å²) in [5, 5.41) is 2.42. The van der Waals surface area contributed by atoms with Gasteiger partial charge >= 0.3 is 0 Å². The van der Waals surface area contributed by atoms with Crippen molar-refractivity contribution in [1.29, 1.82) is 0 Å². The standard InChI is InChI=1S/C16H19FN4OS/c17-13-3-1-2-4-14(13)20-7-9-21(10-8-20)15(22)6-5-12-11-23-16(18)19-12/h1-4,11H,5-10H2,(H2,18,19). The lowest BCUT2D eigenvalue weighted by Gasteiger charge is -2.36. The van der Waals surface area contributed by atoms with Crippen LogP contribution >= 0.6 is 11.3 Å². The number of benzene rings is 1. The lowest BCUT2D eigenvalue weighted by atomic mass is 10.2. The highest BCUT2D eigenvalue weighted by atomic mass is 32.1. The van der Waals surface area contributed by atoms with Crippen LogP contribution in [0.15, 0.2) is 29.6 Å². The zero-order valence-electron chi connectivity index (χ0n) is 12.7. The zero-order valence-corrected chi connectivity index (χ0v) is 13.6. The van der Waals surface area contributed by atoms with Crippen LogP contribution in [0.2, 0.25) is 0 Å². The summed E-state index contributed by atoms with van der Waals surface area (Å²) in [5.41, 5.74) is 7.06. The molecule has 0 aliphatic carbocycles. The molecule has 1 aliphatic heterocycles. The first kappa shape index (κ1) is 15.7. The van der Waals surface area contributed by atoms with Crippen LogP contribution in [0.5, 0.6) is 0 Å². The Morgan fingerprint density at radius 1 is 1.26 bits per heavy atom. The third-order valence-electron chi connectivity index (χ3n) is 3.99. The number of nitrogens with zero attached hydrogens (tertiary/aromatic N) is 3. The number of hydrogen-bond acceptors (Lipinski definition) is 5. The molecule has 7 heteroatoms. The van der Waals surface area contributed by atoms with Crippen molar-refractivity contribution >= 4 is 28.1 Å². The molecule has 122 valence electrons. The molecule has 0 radical (unpaired) electrons. The molecule has 1 amide bonds. The highest BCUT2D eigenvalue weighted by molar-refractivity contribution is 7.13. The topological polar surface area (TPSA) is 62.5 Å². The summed E-state index contributed by atoms with van der Waals surface area (Å²) in [7, 11) is 0. The van der Waals surface area contributed by atoms with E-state index >= 15 is 0 Å². The number of hydrogen-bond donors (Lipinski definition) is 1. The smallest absolute Gasteiger partial charge is 0.223 e. The Balaban J connectivity index is 1.50. The van der Waals surface area contributed by atoms with Gasteiger partial charge in [0.05, 0.1) is 11.4 Å². The van der Waals surface area contributed by atoms with Crippen molar-refractivity contribution in [3.8, 4) is 0 Å². The number of thiazole rings is 1. The van der Waals surface area contributed by atoms with Gasteiger partial charge in [-0.2, -0.15) is 0 Å². The molecule has 0 bridgehead atoms. The van der Waals surface area contributed by atoms with Gasteiger partial charge in [0.15, 0.2) is 5.13 Å². The van der Waals surface area contributed by atoms with Gasteiger partial charge in [0.2, 0.25) is 5.91 Å². The SMILES string of the molecule is Nc1nc(CCC(=O)N2CCN(c3ccccc3F)CC2)cs1. The number of nitrogen functional groups attached to an aromatic ring is 1. The fourth-order valence-corrected chi connectivity index (χ4v) is 3.33. The van der Waals surface area contributed by atoms with Gasteiger partial charge in [-0.1, -0.05) is 12.1 Å². The molecule has 0 spiro atoms. The molecule has 23 heavy (non-hydrogen) atoms. The number of amides is 1. The van der Waals surface area contributed by atoms with Gasteiger partial charge in [-0.05, 0) is 18.6 Å². The normalized spacial score (nSPS) is 15.0. The average molecular weight is 334 g/mol. The van der Waals surface area contributed by atoms with Gasteiger partial charge in [-0.3, -0.25) is 4.79 Å². The molecular formula is C16H19FN4OS. The highest BCUT2D eigenvalue weighted by Crippen LogP contribution is 2.20. The van der Waals surface area contributed by atoms with E-state index in [0.717, 1.165) is 5.69 Å². The van der Waals surface area contributed by atoms with Crippen molar-refractivity contribution < 1.29 is 9.18 Å². The van der Waals surface area contributed by atoms with Gasteiger partial charge in [0, 0.05) is 38.0 Å². The largest absolute Gasteiger partial charge is 0.375 e. The summed E-state index contributed by atoms with van der Waals surface area (Å²) >= 11 is 1.39. The fourth-order valence-electron chi connectivity index (χ4n) is 2.74. The van der Waals surface area contributed by atoms with Crippen molar-refractivity contribution in [3.05, 3.63) is 41.2 Å². The number of rotatable bonds is 4. The summed E-state index contributed by atoms with van der Waals surface area (Å²) in [6.07, 6.45) is 1.04. The molecule has 1 aromatic carbocycles. The molecule has 2 aromatic rings. The minimum absolute atomic E-state index is 0.116. The number of anilines is 2. The van der Waals surface area contributed by atoms with E-state index in [1.807, 2.05) is 21.2 Å². The Morgan fingerprint density at radius 3 is 2.65 bits per heavy atom. The first-order valence-electron chi connectivity index (χ1n) is 7.60. The van der Waals surface area contributed by atoms with E-state index in [2.05, 4.69) is 4.98 Å². The van der Waals surface area contributed by atoms with Crippen LogP contribution in [0.4, 0.5) is 15.2 Å². The minimum Gasteiger partial charge on any atom is -0.375 e. The molecule has 0 unspecified atom stereocenters. The van der Waals surface area contributed by atoms with E-state index in [9.17, 15) is 9.18 Å². The van der Waals surface area contributed by atoms with Gasteiger partial charge in [0.1, 0.15) is 5.82 Å². The number of aromatic nitrogens is 1. The van der Waals surface area contributed by atoms with E-state index in [1.54, 1.807) is 12.1 Å². The first-order valence-corrected chi connectivity index (χ1v) is 8.48. The van der Waals surface area contributed by atoms with Crippen LogP contribution in [0.1, 0.15) is 12.1 Å². The number of aryl methyl sites for hydroxylation is 1. The summed E-state index contributed by atoms with van der Waals surface area (Å²) in [4.78, 5) is 20.3. The van der Waals surface area contributed by atoms with Crippen molar-refractivity contribution in [1.82, 2.24) is 9.88 Å². The van der Waals surface area contributed by atoms with Crippen LogP contribution < -0.4 is 10.6 Å². The number of para-hydroxylation sites is 1. The molecule has 5 nitrogen and oxygen atoms in total. The molecule has 1 saturated heterocycles. The molecule has 2 N–H and O–H groups in total. The van der Waals surface area contributed by atoms with Gasteiger partial charge in [0.25, 0.3) is 0 Å². The summed E-state index contributed by atoms with van der Waals surface area (Å²) in [6, 6.07) is 6.76. The Hall–Kier alpha value is -2.15. The maximum absolute atomic E-state index is 13.8. The van der Waals surface area contributed by atoms with Crippen molar-refractivity contribution in [3.63, 3.8) is 0 Å². The van der Waals surface area contributed by atoms with Gasteiger partial charge in [-0.25, -0.2) is 9.37 Å². The Labute approximate surface area is 138 Å². The molecule has 1 aliphatic rings. The lowest BCUT2D eigenvalue weighted by molar-refractivity contribution is -0.131. The van der Waals surface area contributed by atoms with E-state index in [-0.39, 0.29) is 11.7 Å². The maximum Gasteiger partial charge on any atom is 0.223 e. The molecule has 1 fully saturated rings. The molecule has 2 heterocycles. The Morgan fingerprint density at radius 2 is 2.00 bits per heavy atom. The number of piperazine rings is 1. The third kappa shape index (κ3) is 3.79. The van der Waals surface area contributed by atoms with Crippen LogP contribution in [0.3, 0.4) is 0 Å². The van der Waals surface area contributed by atoms with Crippen LogP contribution in [-0.2, 0) is 11.2 Å². The van der Waals surface area contributed by atoms with Gasteiger partial charge < -0.3 is 15.5 Å². The maximum atomic E-state index is 13.8. The highest BCUT2D eigenvalue weighted by Gasteiger charge is 2.22. The molecule has 0 atom stereocenters. The third-order valence-corrected chi connectivity index (χ3v) is 4.71. The van der Waals surface area contributed by atoms with E-state index in [4.69, 9.17) is 5.73 Å². The van der Waals surface area contributed by atoms with Crippen molar-refractivity contribution in [2.24, 2.45) is 0 Å². The van der Waals surface area contributed by atoms with E-state index in [1.165, 1.54) is 17.4 Å². The monoisotopic (exact) mass is 334 g/mol. The lowest BCUT2D eigenvalue weighted by Crippen LogP contribution is -2.49. The summed E-state index contributed by atoms with van der Waals surface area (Å²) in [6.45, 7) is 2.53. The molecule has 1 aromatic heterocycles. The number of carbonyl (C=O) groups excluding carboxylic acids is 1. The Bertz CT molecular complexity index is 682. The quantitative estimate of drug-likeness (QED) is 0.930. The zero-order chi connectivity index (χ0) is 16.2. The first-order chi connectivity index (χ1) is 11.1. The predicted molar refractivity (Wildman–Crippen MR) is 90.0 cm³/mol. The van der Waals surface area contributed by atoms with Crippen LogP contribution in [0.25, 0.3) is 0 Å². The van der Waals surface area contributed by atoms with Crippen LogP contribution in [-0.4, -0.2) is 42.0 Å². The summed E-state index contributed by atoms with van der Waals surface area (Å²) < 4.78 is 13.8. The van der Waals surface area contributed by atoms with E-state index < -0.39 is 0 Å². The fraction of sp³-hybridized carbons (Fsp3) is 0.375. The second-order valence-corrected chi connectivity index (χ2v) is 6.39.